The number of rotatable bonds is 5. The highest BCUT2D eigenvalue weighted by atomic mass is 16.7. The van der Waals surface area contributed by atoms with Crippen molar-refractivity contribution in [3.8, 4) is 11.5 Å². The molecule has 98 valence electrons. The fourth-order valence-corrected chi connectivity index (χ4v) is 2.25. The smallest absolute Gasteiger partial charge is 0.231 e. The predicted molar refractivity (Wildman–Crippen MR) is 68.0 cm³/mol. The fraction of sp³-hybridized carbons (Fsp3) is 0.571. The molecule has 1 fully saturated rings. The molecule has 1 N–H and O–H groups in total. The van der Waals surface area contributed by atoms with Crippen LogP contribution in [0, 0.1) is 0 Å². The minimum Gasteiger partial charge on any atom is -0.454 e. The quantitative estimate of drug-likeness (QED) is 0.868. The summed E-state index contributed by atoms with van der Waals surface area (Å²) in [5, 5.41) is 3.29. The summed E-state index contributed by atoms with van der Waals surface area (Å²) in [4.78, 5) is 0. The van der Waals surface area contributed by atoms with Crippen LogP contribution in [0.25, 0.3) is 0 Å². The molecule has 0 bridgehead atoms. The van der Waals surface area contributed by atoms with Gasteiger partial charge in [0.2, 0.25) is 6.79 Å². The molecule has 1 aliphatic heterocycles. The van der Waals surface area contributed by atoms with Gasteiger partial charge in [-0.25, -0.2) is 0 Å². The van der Waals surface area contributed by atoms with E-state index in [1.165, 1.54) is 24.8 Å². The van der Waals surface area contributed by atoms with E-state index in [2.05, 4.69) is 11.4 Å². The Morgan fingerprint density at radius 2 is 2.17 bits per heavy atom. The Hall–Kier alpha value is -1.26. The van der Waals surface area contributed by atoms with E-state index in [1.807, 2.05) is 19.2 Å². The van der Waals surface area contributed by atoms with Crippen molar-refractivity contribution in [3.63, 3.8) is 0 Å². The first-order valence-electron chi connectivity index (χ1n) is 6.55. The summed E-state index contributed by atoms with van der Waals surface area (Å²) >= 11 is 0. The van der Waals surface area contributed by atoms with Crippen LogP contribution in [0.5, 0.6) is 11.5 Å². The number of hydrogen-bond acceptors (Lipinski definition) is 4. The monoisotopic (exact) mass is 249 g/mol. The molecule has 1 aromatic carbocycles. The van der Waals surface area contributed by atoms with Gasteiger partial charge in [-0.1, -0.05) is 6.07 Å². The molecule has 1 atom stereocenters. The maximum absolute atomic E-state index is 5.87. The Morgan fingerprint density at radius 1 is 1.33 bits per heavy atom. The normalized spacial score (nSPS) is 19.6. The van der Waals surface area contributed by atoms with Crippen LogP contribution in [0.3, 0.4) is 0 Å². The van der Waals surface area contributed by atoms with Gasteiger partial charge in [-0.15, -0.1) is 0 Å². The van der Waals surface area contributed by atoms with Crippen molar-refractivity contribution in [2.45, 2.75) is 31.4 Å². The number of benzene rings is 1. The van der Waals surface area contributed by atoms with Gasteiger partial charge in [-0.05, 0) is 44.0 Å². The van der Waals surface area contributed by atoms with Crippen LogP contribution in [-0.2, 0) is 4.74 Å². The van der Waals surface area contributed by atoms with Crippen LogP contribution >= 0.6 is 0 Å². The van der Waals surface area contributed by atoms with Crippen molar-refractivity contribution in [2.24, 2.45) is 0 Å². The van der Waals surface area contributed by atoms with Crippen molar-refractivity contribution in [2.75, 3.05) is 20.4 Å². The number of likely N-dealkylation sites (N-methyl/N-ethyl adjacent to an activating group) is 1. The Kier molecular flexibility index (Phi) is 3.39. The lowest BCUT2D eigenvalue weighted by Gasteiger charge is -2.28. The Morgan fingerprint density at radius 3 is 2.89 bits per heavy atom. The van der Waals surface area contributed by atoms with Gasteiger partial charge in [0, 0.05) is 0 Å². The molecule has 18 heavy (non-hydrogen) atoms. The highest BCUT2D eigenvalue weighted by molar-refractivity contribution is 5.45. The maximum atomic E-state index is 5.87. The summed E-state index contributed by atoms with van der Waals surface area (Å²) in [6, 6.07) is 6.28. The second-order valence-electron chi connectivity index (χ2n) is 4.84. The van der Waals surface area contributed by atoms with Crippen molar-refractivity contribution in [3.05, 3.63) is 23.8 Å². The van der Waals surface area contributed by atoms with Crippen LogP contribution < -0.4 is 14.8 Å². The molecule has 1 aromatic rings. The molecule has 0 saturated heterocycles. The molecule has 2 aliphatic rings. The molecule has 1 unspecified atom stereocenters. The second-order valence-corrected chi connectivity index (χ2v) is 4.84. The minimum atomic E-state index is 0.208. The Balaban J connectivity index is 1.66. The van der Waals surface area contributed by atoms with Gasteiger partial charge in [-0.2, -0.15) is 0 Å². The lowest BCUT2D eigenvalue weighted by atomic mass is 9.96. The summed E-state index contributed by atoms with van der Waals surface area (Å²) in [5.41, 5.74) is 1.18. The molecule has 1 heterocycles. The van der Waals surface area contributed by atoms with Crippen LogP contribution in [0.15, 0.2) is 18.2 Å². The summed E-state index contributed by atoms with van der Waals surface area (Å²) in [6.07, 6.45) is 4.18. The number of fused-ring (bicyclic) bond motifs is 1. The number of hydrogen-bond donors (Lipinski definition) is 1. The van der Waals surface area contributed by atoms with Gasteiger partial charge in [0.05, 0.1) is 18.8 Å². The average Bonchev–Trinajstić information content (AvgIpc) is 2.79. The molecule has 1 saturated carbocycles. The number of nitrogens with one attached hydrogen (secondary N) is 1. The minimum absolute atomic E-state index is 0.208. The molecule has 0 radical (unpaired) electrons. The third-order valence-corrected chi connectivity index (χ3v) is 3.70. The van der Waals surface area contributed by atoms with Gasteiger partial charge >= 0.3 is 0 Å². The van der Waals surface area contributed by atoms with Crippen molar-refractivity contribution >= 4 is 0 Å². The largest absolute Gasteiger partial charge is 0.454 e. The third-order valence-electron chi connectivity index (χ3n) is 3.70. The summed E-state index contributed by atoms with van der Waals surface area (Å²) < 4.78 is 16.6. The van der Waals surface area contributed by atoms with Gasteiger partial charge in [0.15, 0.2) is 11.5 Å². The van der Waals surface area contributed by atoms with Crippen molar-refractivity contribution < 1.29 is 14.2 Å². The molecule has 4 nitrogen and oxygen atoms in total. The SMILES string of the molecule is CNC(COC1CCC1)c1ccc2c(c1)OCO2. The maximum Gasteiger partial charge on any atom is 0.231 e. The molecule has 1 aliphatic carbocycles. The Bertz CT molecular complexity index is 418. The van der Waals surface area contributed by atoms with Gasteiger partial charge < -0.3 is 19.5 Å². The molecule has 3 rings (SSSR count). The second kappa shape index (κ2) is 5.16. The highest BCUT2D eigenvalue weighted by Gasteiger charge is 2.21. The zero-order valence-corrected chi connectivity index (χ0v) is 10.6. The molecule has 0 aromatic heterocycles. The van der Waals surface area contributed by atoms with E-state index in [0.29, 0.717) is 19.5 Å². The van der Waals surface area contributed by atoms with Crippen LogP contribution in [0.2, 0.25) is 0 Å². The zero-order valence-electron chi connectivity index (χ0n) is 10.6. The van der Waals surface area contributed by atoms with E-state index >= 15 is 0 Å². The van der Waals surface area contributed by atoms with E-state index in [4.69, 9.17) is 14.2 Å². The highest BCUT2D eigenvalue weighted by Crippen LogP contribution is 2.34. The van der Waals surface area contributed by atoms with E-state index in [1.54, 1.807) is 0 Å². The van der Waals surface area contributed by atoms with Gasteiger partial charge in [-0.3, -0.25) is 0 Å². The van der Waals surface area contributed by atoms with Crippen molar-refractivity contribution in [1.82, 2.24) is 5.32 Å². The van der Waals surface area contributed by atoms with Crippen LogP contribution in [0.4, 0.5) is 0 Å². The van der Waals surface area contributed by atoms with Crippen LogP contribution in [0.1, 0.15) is 30.9 Å². The zero-order chi connectivity index (χ0) is 12.4. The summed E-state index contributed by atoms with van der Waals surface area (Å²) in [5.74, 6) is 1.66. The van der Waals surface area contributed by atoms with Gasteiger partial charge in [0.1, 0.15) is 0 Å². The molecule has 0 spiro atoms. The molecule has 0 amide bonds. The topological polar surface area (TPSA) is 39.7 Å². The first-order chi connectivity index (χ1) is 8.86. The molecular weight excluding hydrogens is 230 g/mol. The molecule has 4 heteroatoms. The van der Waals surface area contributed by atoms with E-state index in [0.717, 1.165) is 11.5 Å². The lowest BCUT2D eigenvalue weighted by Crippen LogP contribution is -2.28. The third kappa shape index (κ3) is 2.31. The van der Waals surface area contributed by atoms with Crippen molar-refractivity contribution in [1.29, 1.82) is 0 Å². The van der Waals surface area contributed by atoms with Gasteiger partial charge in [0.25, 0.3) is 0 Å². The summed E-state index contributed by atoms with van der Waals surface area (Å²) in [7, 11) is 1.96. The first-order valence-corrected chi connectivity index (χ1v) is 6.55. The average molecular weight is 249 g/mol. The first kappa shape index (κ1) is 11.8. The lowest BCUT2D eigenvalue weighted by molar-refractivity contribution is -0.00795. The molecular formula is C14H19NO3. The fourth-order valence-electron chi connectivity index (χ4n) is 2.25. The van der Waals surface area contributed by atoms with E-state index in [9.17, 15) is 0 Å². The number of ether oxygens (including phenoxy) is 3. The van der Waals surface area contributed by atoms with E-state index in [-0.39, 0.29) is 6.04 Å². The van der Waals surface area contributed by atoms with Crippen LogP contribution in [-0.4, -0.2) is 26.6 Å². The summed E-state index contributed by atoms with van der Waals surface area (Å²) in [6.45, 7) is 1.03. The standard InChI is InChI=1S/C14H19NO3/c1-15-12(8-16-11-3-2-4-11)10-5-6-13-14(7-10)18-9-17-13/h5-7,11-12,15H,2-4,8-9H2,1H3. The Labute approximate surface area is 107 Å². The van der Waals surface area contributed by atoms with E-state index < -0.39 is 0 Å². The predicted octanol–water partition coefficient (Wildman–Crippen LogP) is 2.24.